The van der Waals surface area contributed by atoms with Gasteiger partial charge < -0.3 is 10.0 Å². The molecule has 0 radical (unpaired) electrons. The number of nitrogens with zero attached hydrogens (tertiary/aromatic N) is 5. The number of rotatable bonds is 5. The fourth-order valence-corrected chi connectivity index (χ4v) is 4.14. The third kappa shape index (κ3) is 7.31. The lowest BCUT2D eigenvalue weighted by Gasteiger charge is -2.28. The molecule has 4 rings (SSSR count). The van der Waals surface area contributed by atoms with Crippen LogP contribution in [-0.4, -0.2) is 62.6 Å². The minimum Gasteiger partial charge on any atom is -0.475 e. The number of benzene rings is 1. The van der Waals surface area contributed by atoms with E-state index in [9.17, 15) is 13.2 Å². The fraction of sp³-hybridized carbons (Fsp3) is 0.364. The lowest BCUT2D eigenvalue weighted by molar-refractivity contribution is -0.192. The predicted molar refractivity (Wildman–Crippen MR) is 118 cm³/mol. The summed E-state index contributed by atoms with van der Waals surface area (Å²) in [6, 6.07) is 8.76. The Morgan fingerprint density at radius 2 is 1.91 bits per heavy atom. The highest BCUT2D eigenvalue weighted by Crippen LogP contribution is 2.24. The number of hydrogen-bond donors (Lipinski definition) is 1. The van der Waals surface area contributed by atoms with Crippen LogP contribution in [0.1, 0.15) is 22.4 Å². The number of fused-ring (bicyclic) bond motifs is 1. The molecule has 176 valence electrons. The Kier molecular flexibility index (Phi) is 8.11. The molecule has 0 unspecified atom stereocenters. The van der Waals surface area contributed by atoms with Crippen molar-refractivity contribution >= 4 is 17.3 Å². The smallest absolute Gasteiger partial charge is 0.475 e. The molecular formula is C22H24F3N5O2S. The van der Waals surface area contributed by atoms with Crippen LogP contribution in [0.3, 0.4) is 0 Å². The van der Waals surface area contributed by atoms with Gasteiger partial charge in [-0.3, -0.25) is 4.90 Å². The quantitative estimate of drug-likeness (QED) is 0.595. The molecule has 1 aromatic carbocycles. The second-order valence-electron chi connectivity index (χ2n) is 7.82. The maximum absolute atomic E-state index is 10.6. The summed E-state index contributed by atoms with van der Waals surface area (Å²) in [7, 11) is 4.23. The van der Waals surface area contributed by atoms with Crippen molar-refractivity contribution in [2.45, 2.75) is 32.2 Å². The van der Waals surface area contributed by atoms with Gasteiger partial charge in [0.15, 0.2) is 10.8 Å². The number of alkyl halides is 3. The molecule has 0 fully saturated rings. The van der Waals surface area contributed by atoms with E-state index < -0.39 is 12.1 Å². The first kappa shape index (κ1) is 24.7. The van der Waals surface area contributed by atoms with Crippen LogP contribution in [0, 0.1) is 0 Å². The van der Waals surface area contributed by atoms with Crippen molar-refractivity contribution in [1.82, 2.24) is 24.8 Å². The summed E-state index contributed by atoms with van der Waals surface area (Å²) in [5.74, 6) is -2.05. The molecule has 2 aromatic heterocycles. The van der Waals surface area contributed by atoms with E-state index in [1.165, 1.54) is 16.7 Å². The number of halogens is 3. The zero-order valence-corrected chi connectivity index (χ0v) is 19.0. The first-order chi connectivity index (χ1) is 15.6. The molecule has 0 amide bonds. The molecule has 3 heterocycles. The van der Waals surface area contributed by atoms with Gasteiger partial charge in [0.25, 0.3) is 0 Å². The van der Waals surface area contributed by atoms with Crippen LogP contribution in [-0.2, 0) is 30.8 Å². The first-order valence-corrected chi connectivity index (χ1v) is 11.0. The lowest BCUT2D eigenvalue weighted by atomic mass is 9.97. The highest BCUT2D eigenvalue weighted by Gasteiger charge is 2.38. The van der Waals surface area contributed by atoms with Gasteiger partial charge in [0.2, 0.25) is 0 Å². The maximum Gasteiger partial charge on any atom is 0.490 e. The number of thiazole rings is 1. The topological polar surface area (TPSA) is 82.5 Å². The molecule has 0 saturated carbocycles. The molecule has 1 aliphatic rings. The normalized spacial score (nSPS) is 13.9. The molecule has 0 aliphatic carbocycles. The zero-order valence-electron chi connectivity index (χ0n) is 18.2. The molecule has 1 N–H and O–H groups in total. The lowest BCUT2D eigenvalue weighted by Crippen LogP contribution is -2.30. The average Bonchev–Trinajstić information content (AvgIpc) is 3.22. The molecule has 1 aliphatic heterocycles. The molecule has 3 aromatic rings. The maximum atomic E-state index is 10.6. The van der Waals surface area contributed by atoms with Gasteiger partial charge in [-0.1, -0.05) is 18.2 Å². The van der Waals surface area contributed by atoms with Crippen molar-refractivity contribution in [3.63, 3.8) is 0 Å². The third-order valence-electron chi connectivity index (χ3n) is 4.80. The van der Waals surface area contributed by atoms with Crippen molar-refractivity contribution in [1.29, 1.82) is 0 Å². The second kappa shape index (κ2) is 10.8. The molecule has 0 spiro atoms. The minimum atomic E-state index is -5.08. The molecule has 11 heteroatoms. The van der Waals surface area contributed by atoms with E-state index in [1.807, 2.05) is 6.07 Å². The van der Waals surface area contributed by atoms with Gasteiger partial charge in [-0.15, -0.1) is 11.3 Å². The monoisotopic (exact) mass is 479 g/mol. The average molecular weight is 480 g/mol. The Labute approximate surface area is 193 Å². The summed E-state index contributed by atoms with van der Waals surface area (Å²) in [5.41, 5.74) is 5.44. The van der Waals surface area contributed by atoms with E-state index in [1.54, 1.807) is 23.7 Å². The van der Waals surface area contributed by atoms with Gasteiger partial charge in [0, 0.05) is 44.0 Å². The fourth-order valence-electron chi connectivity index (χ4n) is 3.38. The van der Waals surface area contributed by atoms with Gasteiger partial charge in [-0.05, 0) is 43.3 Å². The van der Waals surface area contributed by atoms with Crippen molar-refractivity contribution < 1.29 is 23.1 Å². The molecule has 0 atom stereocenters. The summed E-state index contributed by atoms with van der Waals surface area (Å²) in [5, 5.41) is 10.1. The third-order valence-corrected chi connectivity index (χ3v) is 5.68. The summed E-state index contributed by atoms with van der Waals surface area (Å²) in [6.07, 6.45) is -0.458. The number of carbonyl (C=O) groups is 1. The van der Waals surface area contributed by atoms with Crippen molar-refractivity contribution in [2.75, 3.05) is 20.6 Å². The van der Waals surface area contributed by atoms with Gasteiger partial charge in [-0.25, -0.2) is 19.7 Å². The number of aliphatic carboxylic acids is 1. The van der Waals surface area contributed by atoms with Crippen LogP contribution in [0.5, 0.6) is 0 Å². The highest BCUT2D eigenvalue weighted by molar-refractivity contribution is 7.13. The van der Waals surface area contributed by atoms with Crippen LogP contribution in [0.25, 0.3) is 10.8 Å². The number of carboxylic acids is 1. The number of hydrogen-bond acceptors (Lipinski definition) is 7. The van der Waals surface area contributed by atoms with Gasteiger partial charge in [0.05, 0.1) is 5.69 Å². The molecular weight excluding hydrogens is 455 g/mol. The van der Waals surface area contributed by atoms with E-state index >= 15 is 0 Å². The van der Waals surface area contributed by atoms with Gasteiger partial charge >= 0.3 is 12.1 Å². The van der Waals surface area contributed by atoms with E-state index in [2.05, 4.69) is 57.4 Å². The largest absolute Gasteiger partial charge is 0.490 e. The number of aromatic nitrogens is 3. The summed E-state index contributed by atoms with van der Waals surface area (Å²) >= 11 is 1.62. The van der Waals surface area contributed by atoms with Crippen LogP contribution in [0.15, 0.2) is 42.0 Å². The molecule has 0 bridgehead atoms. The van der Waals surface area contributed by atoms with Crippen molar-refractivity contribution in [3.8, 4) is 10.8 Å². The van der Waals surface area contributed by atoms with Crippen LogP contribution < -0.4 is 0 Å². The Morgan fingerprint density at radius 3 is 2.55 bits per heavy atom. The van der Waals surface area contributed by atoms with Gasteiger partial charge in [0.1, 0.15) is 0 Å². The first-order valence-electron chi connectivity index (χ1n) is 10.1. The Hall–Kier alpha value is -2.89. The minimum absolute atomic E-state index is 0.709. The van der Waals surface area contributed by atoms with Crippen LogP contribution in [0.2, 0.25) is 0 Å². The summed E-state index contributed by atoms with van der Waals surface area (Å²) in [6.45, 7) is 3.95. The Morgan fingerprint density at radius 1 is 1.21 bits per heavy atom. The second-order valence-corrected chi connectivity index (χ2v) is 8.68. The van der Waals surface area contributed by atoms with Crippen molar-refractivity contribution in [3.05, 3.63) is 64.4 Å². The van der Waals surface area contributed by atoms with Gasteiger partial charge in [-0.2, -0.15) is 13.2 Å². The Balaban J connectivity index is 0.000000383. The van der Waals surface area contributed by atoms with E-state index in [-0.39, 0.29) is 0 Å². The van der Waals surface area contributed by atoms with E-state index in [4.69, 9.17) is 14.9 Å². The standard InChI is InChI=1S/C20H23N5S.C2HF3O2/c1-24(2)11-15-4-5-17-12-25(9-6-16(17)10-15)13-18-14-26-20(23-18)19-21-7-3-8-22-19;3-2(4,5)1(6)7/h3-5,7-8,10,14H,6,9,11-13H2,1-2H3;(H,6,7). The van der Waals surface area contributed by atoms with Crippen molar-refractivity contribution in [2.24, 2.45) is 0 Å². The van der Waals surface area contributed by atoms with E-state index in [0.717, 1.165) is 43.3 Å². The number of carboxylic acid groups (broad SMARTS) is 1. The summed E-state index contributed by atoms with van der Waals surface area (Å²) < 4.78 is 31.7. The SMILES string of the molecule is CN(C)Cc1ccc2c(c1)CCN(Cc1csc(-c3ncccn3)n1)C2.O=C(O)C(F)(F)F. The summed E-state index contributed by atoms with van der Waals surface area (Å²) in [4.78, 5) is 26.9. The van der Waals surface area contributed by atoms with Crippen LogP contribution in [0.4, 0.5) is 13.2 Å². The molecule has 0 saturated heterocycles. The Bertz CT molecular complexity index is 1070. The predicted octanol–water partition coefficient (Wildman–Crippen LogP) is 3.85. The zero-order chi connectivity index (χ0) is 24.0. The van der Waals surface area contributed by atoms with E-state index in [0.29, 0.717) is 5.82 Å². The highest BCUT2D eigenvalue weighted by atomic mass is 32.1. The molecule has 7 nitrogen and oxygen atoms in total. The molecule has 33 heavy (non-hydrogen) atoms. The van der Waals surface area contributed by atoms with Crippen LogP contribution >= 0.6 is 11.3 Å².